The Bertz CT molecular complexity index is 269. The van der Waals surface area contributed by atoms with Crippen LogP contribution in [-0.4, -0.2) is 22.4 Å². The fourth-order valence-corrected chi connectivity index (χ4v) is 1.94. The van der Waals surface area contributed by atoms with E-state index in [1.165, 1.54) is 0 Å². The molecule has 0 rings (SSSR count). The van der Waals surface area contributed by atoms with Crippen molar-refractivity contribution in [2.75, 3.05) is 12.3 Å². The SMILES string of the molecule is CCCCCS(N)(=O)=NC(=O)CN. The molecule has 6 heteroatoms. The Morgan fingerprint density at radius 2 is 2.08 bits per heavy atom. The van der Waals surface area contributed by atoms with Crippen molar-refractivity contribution in [1.82, 2.24) is 0 Å². The fraction of sp³-hybridized carbons (Fsp3) is 0.857. The first-order valence-electron chi connectivity index (χ1n) is 4.27. The lowest BCUT2D eigenvalue weighted by Gasteiger charge is -2.01. The van der Waals surface area contributed by atoms with Crippen molar-refractivity contribution in [3.63, 3.8) is 0 Å². The molecule has 0 aliphatic carbocycles. The minimum absolute atomic E-state index is 0.234. The Morgan fingerprint density at radius 3 is 2.54 bits per heavy atom. The second-order valence-corrected chi connectivity index (χ2v) is 4.76. The van der Waals surface area contributed by atoms with Gasteiger partial charge in [0.05, 0.1) is 6.54 Å². The highest BCUT2D eigenvalue weighted by Gasteiger charge is 2.04. The van der Waals surface area contributed by atoms with Gasteiger partial charge in [0.15, 0.2) is 0 Å². The molecule has 1 amide bonds. The van der Waals surface area contributed by atoms with Crippen LogP contribution in [0.25, 0.3) is 0 Å². The van der Waals surface area contributed by atoms with E-state index >= 15 is 0 Å². The van der Waals surface area contributed by atoms with Crippen LogP contribution in [0, 0.1) is 0 Å². The largest absolute Gasteiger partial charge is 0.322 e. The van der Waals surface area contributed by atoms with Crippen LogP contribution in [0.15, 0.2) is 4.36 Å². The molecule has 0 aliphatic rings. The molecule has 0 aliphatic heterocycles. The zero-order chi connectivity index (χ0) is 10.3. The van der Waals surface area contributed by atoms with E-state index in [2.05, 4.69) is 4.36 Å². The lowest BCUT2D eigenvalue weighted by molar-refractivity contribution is -0.116. The predicted molar refractivity (Wildman–Crippen MR) is 53.2 cm³/mol. The molecule has 78 valence electrons. The van der Waals surface area contributed by atoms with Gasteiger partial charge in [0.25, 0.3) is 5.91 Å². The number of nitrogens with two attached hydrogens (primary N) is 2. The maximum atomic E-state index is 11.4. The minimum atomic E-state index is -2.82. The normalized spacial score (nSPS) is 15.0. The van der Waals surface area contributed by atoms with Crippen LogP contribution < -0.4 is 10.9 Å². The van der Waals surface area contributed by atoms with E-state index in [1.54, 1.807) is 0 Å². The Hall–Kier alpha value is -0.460. The molecule has 4 N–H and O–H groups in total. The summed E-state index contributed by atoms with van der Waals surface area (Å²) in [5, 5.41) is 5.32. The third-order valence-corrected chi connectivity index (χ3v) is 2.86. The third-order valence-electron chi connectivity index (χ3n) is 1.47. The van der Waals surface area contributed by atoms with Crippen LogP contribution in [0.2, 0.25) is 0 Å². The lowest BCUT2D eigenvalue weighted by atomic mass is 10.3. The number of rotatable bonds is 5. The molecule has 0 aromatic rings. The van der Waals surface area contributed by atoms with Gasteiger partial charge in [-0.1, -0.05) is 19.8 Å². The summed E-state index contributed by atoms with van der Waals surface area (Å²) in [5.74, 6) is -0.323. The van der Waals surface area contributed by atoms with E-state index in [0.717, 1.165) is 19.3 Å². The quantitative estimate of drug-likeness (QED) is 0.621. The van der Waals surface area contributed by atoms with Gasteiger partial charge in [-0.3, -0.25) is 4.79 Å². The Labute approximate surface area is 79.2 Å². The highest BCUT2D eigenvalue weighted by Crippen LogP contribution is 1.98. The minimum Gasteiger partial charge on any atom is -0.322 e. The van der Waals surface area contributed by atoms with Gasteiger partial charge in [0.1, 0.15) is 9.92 Å². The highest BCUT2D eigenvalue weighted by atomic mass is 32.2. The molecule has 5 nitrogen and oxygen atoms in total. The molecule has 0 radical (unpaired) electrons. The number of nitrogens with zero attached hydrogens (tertiary/aromatic N) is 1. The van der Waals surface area contributed by atoms with E-state index < -0.39 is 15.8 Å². The summed E-state index contributed by atoms with van der Waals surface area (Å²) in [6.07, 6.45) is 2.69. The number of hydrogen-bond acceptors (Lipinski definition) is 3. The first kappa shape index (κ1) is 12.5. The first-order valence-corrected chi connectivity index (χ1v) is 6.02. The molecule has 0 saturated heterocycles. The van der Waals surface area contributed by atoms with Crippen LogP contribution in [0.5, 0.6) is 0 Å². The average molecular weight is 207 g/mol. The zero-order valence-corrected chi connectivity index (χ0v) is 8.68. The van der Waals surface area contributed by atoms with Crippen molar-refractivity contribution in [2.45, 2.75) is 26.2 Å². The summed E-state index contributed by atoms with van der Waals surface area (Å²) < 4.78 is 14.7. The van der Waals surface area contributed by atoms with Gasteiger partial charge in [0, 0.05) is 5.75 Å². The van der Waals surface area contributed by atoms with Crippen molar-refractivity contribution in [2.24, 2.45) is 15.2 Å². The molecule has 0 spiro atoms. The molecule has 0 aromatic heterocycles. The van der Waals surface area contributed by atoms with Crippen molar-refractivity contribution in [3.8, 4) is 0 Å². The maximum absolute atomic E-state index is 11.4. The molecule has 0 fully saturated rings. The molecule has 1 atom stereocenters. The van der Waals surface area contributed by atoms with Gasteiger partial charge in [-0.15, -0.1) is 4.36 Å². The number of hydrogen-bond donors (Lipinski definition) is 2. The van der Waals surface area contributed by atoms with Gasteiger partial charge < -0.3 is 5.73 Å². The van der Waals surface area contributed by atoms with E-state index in [1.807, 2.05) is 6.92 Å². The summed E-state index contributed by atoms with van der Waals surface area (Å²) in [6, 6.07) is 0. The van der Waals surface area contributed by atoms with Crippen LogP contribution in [0.4, 0.5) is 0 Å². The smallest absolute Gasteiger partial charge is 0.268 e. The van der Waals surface area contributed by atoms with Crippen molar-refractivity contribution >= 4 is 15.8 Å². The Morgan fingerprint density at radius 1 is 1.46 bits per heavy atom. The molecule has 1 unspecified atom stereocenters. The average Bonchev–Trinajstić information content (AvgIpc) is 2.03. The third kappa shape index (κ3) is 6.68. The molecular weight excluding hydrogens is 190 g/mol. The molecular formula is C7H17N3O2S. The van der Waals surface area contributed by atoms with Crippen molar-refractivity contribution < 1.29 is 9.00 Å². The second kappa shape index (κ2) is 6.06. The zero-order valence-electron chi connectivity index (χ0n) is 7.86. The van der Waals surface area contributed by atoms with Gasteiger partial charge in [-0.25, -0.2) is 9.35 Å². The fourth-order valence-electron chi connectivity index (χ4n) is 0.814. The van der Waals surface area contributed by atoms with Gasteiger partial charge in [-0.2, -0.15) is 0 Å². The van der Waals surface area contributed by atoms with Crippen molar-refractivity contribution in [3.05, 3.63) is 0 Å². The summed E-state index contributed by atoms with van der Waals surface area (Å²) in [7, 11) is -2.82. The number of carbonyl (C=O) groups is 1. The van der Waals surface area contributed by atoms with E-state index in [-0.39, 0.29) is 12.3 Å². The summed E-state index contributed by atoms with van der Waals surface area (Å²) in [5.41, 5.74) is 5.01. The molecule has 0 heterocycles. The topological polar surface area (TPSA) is 98.5 Å². The predicted octanol–water partition coefficient (Wildman–Crippen LogP) is 0.00360. The van der Waals surface area contributed by atoms with Gasteiger partial charge >= 0.3 is 0 Å². The first-order chi connectivity index (χ1) is 6.02. The Balaban J connectivity index is 4.14. The summed E-state index contributed by atoms with van der Waals surface area (Å²) in [6.45, 7) is 1.79. The van der Waals surface area contributed by atoms with Crippen molar-refractivity contribution in [1.29, 1.82) is 0 Å². The maximum Gasteiger partial charge on any atom is 0.268 e. The van der Waals surface area contributed by atoms with Gasteiger partial charge in [-0.05, 0) is 6.42 Å². The monoisotopic (exact) mass is 207 g/mol. The number of carbonyl (C=O) groups excluding carboxylic acids is 1. The second-order valence-electron chi connectivity index (χ2n) is 2.79. The van der Waals surface area contributed by atoms with Crippen LogP contribution in [0.1, 0.15) is 26.2 Å². The van der Waals surface area contributed by atoms with E-state index in [4.69, 9.17) is 10.9 Å². The van der Waals surface area contributed by atoms with E-state index in [9.17, 15) is 9.00 Å². The molecule has 0 saturated carbocycles. The standard InChI is InChI=1S/C7H17N3O2S/c1-2-3-4-5-13(9,12)10-7(11)6-8/h2-6,8H2,1H3,(H2,9,10,11,12). The highest BCUT2D eigenvalue weighted by molar-refractivity contribution is 7.91. The summed E-state index contributed by atoms with van der Waals surface area (Å²) in [4.78, 5) is 10.7. The van der Waals surface area contributed by atoms with Gasteiger partial charge in [0.2, 0.25) is 0 Å². The molecule has 0 bridgehead atoms. The molecule has 13 heavy (non-hydrogen) atoms. The number of unbranched alkanes of at least 4 members (excludes halogenated alkanes) is 2. The van der Waals surface area contributed by atoms with Crippen LogP contribution in [-0.2, 0) is 14.7 Å². The lowest BCUT2D eigenvalue weighted by Crippen LogP contribution is -2.21. The van der Waals surface area contributed by atoms with E-state index in [0.29, 0.717) is 0 Å². The van der Waals surface area contributed by atoms with Crippen LogP contribution >= 0.6 is 0 Å². The van der Waals surface area contributed by atoms with Crippen LogP contribution in [0.3, 0.4) is 0 Å². The summed E-state index contributed by atoms with van der Waals surface area (Å²) >= 11 is 0. The number of amides is 1. The Kier molecular flexibility index (Phi) is 5.85. The molecule has 0 aromatic carbocycles.